The van der Waals surface area contributed by atoms with Gasteiger partial charge in [0.15, 0.2) is 16.7 Å². The first-order valence-electron chi connectivity index (χ1n) is 9.28. The van der Waals surface area contributed by atoms with Gasteiger partial charge in [-0.15, -0.1) is 16.4 Å². The zero-order valence-corrected chi connectivity index (χ0v) is 18.5. The third kappa shape index (κ3) is 4.89. The second-order valence-electron chi connectivity index (χ2n) is 6.34. The van der Waals surface area contributed by atoms with Crippen LogP contribution >= 0.6 is 23.1 Å². The first-order valence-corrected chi connectivity index (χ1v) is 11.0. The maximum absolute atomic E-state index is 13.0. The number of furan rings is 1. The number of nitrogens with zero attached hydrogens (tertiary/aromatic N) is 3. The minimum Gasteiger partial charge on any atom is -0.493 e. The highest BCUT2D eigenvalue weighted by atomic mass is 32.2. The van der Waals surface area contributed by atoms with Crippen LogP contribution in [0.4, 0.5) is 0 Å². The lowest BCUT2D eigenvalue weighted by molar-refractivity contribution is -0.122. The van der Waals surface area contributed by atoms with Gasteiger partial charge < -0.3 is 13.9 Å². The number of amidine groups is 1. The monoisotopic (exact) mass is 453 g/mol. The number of hydrogen-bond acceptors (Lipinski definition) is 8. The van der Waals surface area contributed by atoms with Crippen molar-refractivity contribution >= 4 is 46.5 Å². The minimum absolute atomic E-state index is 0.130. The van der Waals surface area contributed by atoms with Crippen molar-refractivity contribution in [2.24, 2.45) is 10.2 Å². The molecule has 3 aromatic rings. The molecular formula is C22H19N3O4S2. The largest absolute Gasteiger partial charge is 0.493 e. The number of benzene rings is 1. The van der Waals surface area contributed by atoms with E-state index in [1.165, 1.54) is 11.8 Å². The van der Waals surface area contributed by atoms with E-state index in [4.69, 9.17) is 13.9 Å². The van der Waals surface area contributed by atoms with Gasteiger partial charge in [-0.25, -0.2) is 0 Å². The first-order chi connectivity index (χ1) is 15.2. The van der Waals surface area contributed by atoms with Gasteiger partial charge in [-0.1, -0.05) is 6.07 Å². The van der Waals surface area contributed by atoms with Crippen molar-refractivity contribution in [3.63, 3.8) is 0 Å². The van der Waals surface area contributed by atoms with Gasteiger partial charge in [-0.2, -0.15) is 5.10 Å². The molecule has 1 aliphatic heterocycles. The Morgan fingerprint density at radius 3 is 2.71 bits per heavy atom. The van der Waals surface area contributed by atoms with Crippen LogP contribution < -0.4 is 9.47 Å². The lowest BCUT2D eigenvalue weighted by Gasteiger charge is -2.12. The smallest absolute Gasteiger partial charge is 0.267 e. The highest BCUT2D eigenvalue weighted by molar-refractivity contribution is 8.18. The topological polar surface area (TPSA) is 76.6 Å². The quantitative estimate of drug-likeness (QED) is 0.290. The number of thiophene rings is 1. The molecule has 7 nitrogen and oxygen atoms in total. The number of hydrogen-bond donors (Lipinski definition) is 0. The summed E-state index contributed by atoms with van der Waals surface area (Å²) in [4.78, 5) is 16.2. The van der Waals surface area contributed by atoms with E-state index < -0.39 is 0 Å². The minimum atomic E-state index is -0.130. The second-order valence-corrected chi connectivity index (χ2v) is 8.33. The predicted octanol–water partition coefficient (Wildman–Crippen LogP) is 4.86. The summed E-state index contributed by atoms with van der Waals surface area (Å²) in [6, 6.07) is 13.0. The lowest BCUT2D eigenvalue weighted by Crippen LogP contribution is -2.28. The van der Waals surface area contributed by atoms with Crippen LogP contribution in [0.3, 0.4) is 0 Å². The molecule has 158 valence electrons. The molecule has 0 radical (unpaired) electrons. The fourth-order valence-electron chi connectivity index (χ4n) is 2.86. The Kier molecular flexibility index (Phi) is 6.54. The molecule has 4 rings (SSSR count). The maximum atomic E-state index is 13.0. The van der Waals surface area contributed by atoms with Crippen molar-refractivity contribution in [2.45, 2.75) is 6.54 Å². The summed E-state index contributed by atoms with van der Waals surface area (Å²) in [5.41, 5.74) is 0.795. The van der Waals surface area contributed by atoms with Gasteiger partial charge >= 0.3 is 0 Å². The Hall–Kier alpha value is -3.30. The molecule has 0 spiro atoms. The van der Waals surface area contributed by atoms with E-state index in [2.05, 4.69) is 10.2 Å². The molecule has 9 heteroatoms. The number of amides is 1. The molecule has 31 heavy (non-hydrogen) atoms. The van der Waals surface area contributed by atoms with Gasteiger partial charge in [0.05, 0.1) is 38.1 Å². The highest BCUT2D eigenvalue weighted by Crippen LogP contribution is 2.34. The van der Waals surface area contributed by atoms with E-state index in [9.17, 15) is 4.79 Å². The molecule has 2 aromatic heterocycles. The molecule has 0 unspecified atom stereocenters. The summed E-state index contributed by atoms with van der Waals surface area (Å²) >= 11 is 2.86. The molecule has 1 saturated heterocycles. The number of methoxy groups -OCH3 is 2. The van der Waals surface area contributed by atoms with E-state index in [1.54, 1.807) is 61.1 Å². The van der Waals surface area contributed by atoms with Gasteiger partial charge in [0.2, 0.25) is 0 Å². The van der Waals surface area contributed by atoms with Crippen LogP contribution in [-0.2, 0) is 11.3 Å². The maximum Gasteiger partial charge on any atom is 0.267 e. The van der Waals surface area contributed by atoms with Crippen molar-refractivity contribution in [3.05, 3.63) is 75.2 Å². The molecular weight excluding hydrogens is 434 g/mol. The zero-order valence-electron chi connectivity index (χ0n) is 16.8. The number of carbonyl (C=O) groups is 1. The second kappa shape index (κ2) is 9.67. The number of rotatable bonds is 7. The molecule has 0 N–H and O–H groups in total. The van der Waals surface area contributed by atoms with Gasteiger partial charge in [0.1, 0.15) is 5.76 Å². The summed E-state index contributed by atoms with van der Waals surface area (Å²) in [6.07, 6.45) is 5.05. The van der Waals surface area contributed by atoms with Crippen molar-refractivity contribution in [2.75, 3.05) is 14.2 Å². The van der Waals surface area contributed by atoms with Crippen LogP contribution in [0.15, 0.2) is 73.6 Å². The van der Waals surface area contributed by atoms with Crippen LogP contribution in [0.1, 0.15) is 16.2 Å². The van der Waals surface area contributed by atoms with Crippen LogP contribution in [0.5, 0.6) is 11.5 Å². The molecule has 0 saturated carbocycles. The number of thioether (sulfide) groups is 1. The molecule has 0 atom stereocenters. The lowest BCUT2D eigenvalue weighted by atomic mass is 10.2. The average molecular weight is 454 g/mol. The molecule has 1 aliphatic rings. The van der Waals surface area contributed by atoms with Crippen LogP contribution in [0.25, 0.3) is 6.08 Å². The predicted molar refractivity (Wildman–Crippen MR) is 124 cm³/mol. The molecule has 0 bridgehead atoms. The average Bonchev–Trinajstić information content (AvgIpc) is 3.54. The van der Waals surface area contributed by atoms with Crippen molar-refractivity contribution in [3.8, 4) is 11.5 Å². The zero-order chi connectivity index (χ0) is 21.6. The summed E-state index contributed by atoms with van der Waals surface area (Å²) in [7, 11) is 3.16. The van der Waals surface area contributed by atoms with Gasteiger partial charge in [-0.3, -0.25) is 9.69 Å². The normalized spacial score (nSPS) is 16.7. The van der Waals surface area contributed by atoms with Crippen molar-refractivity contribution in [1.82, 2.24) is 4.90 Å². The fourth-order valence-corrected chi connectivity index (χ4v) is 4.52. The van der Waals surface area contributed by atoms with Crippen LogP contribution in [0, 0.1) is 0 Å². The van der Waals surface area contributed by atoms with Crippen LogP contribution in [0.2, 0.25) is 0 Å². The third-order valence-corrected chi connectivity index (χ3v) is 6.17. The summed E-state index contributed by atoms with van der Waals surface area (Å²) in [6.45, 7) is 0.283. The Morgan fingerprint density at radius 1 is 1.13 bits per heavy atom. The molecule has 1 aromatic carbocycles. The van der Waals surface area contributed by atoms with E-state index >= 15 is 0 Å². The van der Waals surface area contributed by atoms with Gasteiger partial charge in [-0.05, 0) is 65.2 Å². The van der Waals surface area contributed by atoms with E-state index in [0.717, 1.165) is 10.4 Å². The Labute approximate surface area is 187 Å². The Bertz CT molecular complexity index is 1140. The van der Waals surface area contributed by atoms with Crippen LogP contribution in [-0.4, -0.2) is 36.4 Å². The van der Waals surface area contributed by atoms with Gasteiger partial charge in [0.25, 0.3) is 5.91 Å². The van der Waals surface area contributed by atoms with E-state index in [-0.39, 0.29) is 12.5 Å². The van der Waals surface area contributed by atoms with Gasteiger partial charge in [0, 0.05) is 4.88 Å². The Balaban J connectivity index is 1.59. The van der Waals surface area contributed by atoms with E-state index in [0.29, 0.717) is 27.3 Å². The van der Waals surface area contributed by atoms with E-state index in [1.807, 2.05) is 35.7 Å². The van der Waals surface area contributed by atoms with Crippen molar-refractivity contribution < 1.29 is 18.7 Å². The summed E-state index contributed by atoms with van der Waals surface area (Å²) < 4.78 is 16.0. The summed E-state index contributed by atoms with van der Waals surface area (Å²) in [5.74, 6) is 1.78. The molecule has 0 aliphatic carbocycles. The molecule has 3 heterocycles. The summed E-state index contributed by atoms with van der Waals surface area (Å²) in [5, 5.41) is 11.0. The third-order valence-electron chi connectivity index (χ3n) is 4.36. The fraction of sp³-hybridized carbons (Fsp3) is 0.136. The first kappa shape index (κ1) is 21.0. The molecule has 1 fully saturated rings. The number of ether oxygens (including phenoxy) is 2. The Morgan fingerprint density at radius 2 is 2.00 bits per heavy atom. The standard InChI is InChI=1S/C22H19N3O4S2/c1-27-18-8-7-15(11-19(18)28-2)13-23-24-22-25(14-16-5-3-9-29-16)21(26)20(31-22)12-17-6-4-10-30-17/h3-13H,14H2,1-2H3/b20-12-,23-13+,24-22-. The number of carbonyl (C=O) groups excluding carboxylic acids is 1. The molecule has 1 amide bonds. The highest BCUT2D eigenvalue weighted by Gasteiger charge is 2.34. The SMILES string of the molecule is COc1ccc(/C=N/N=C2\S/C(=C\c3cccs3)C(=O)N2Cc2ccco2)cc1OC. The van der Waals surface area contributed by atoms with Crippen molar-refractivity contribution in [1.29, 1.82) is 0 Å².